The molecule has 2 rings (SSSR count). The van der Waals surface area contributed by atoms with E-state index in [1.807, 2.05) is 36.4 Å². The molecule has 0 saturated carbocycles. The Balaban J connectivity index is 1.96. The fourth-order valence-corrected chi connectivity index (χ4v) is 2.18. The number of ether oxygens (including phenoxy) is 1. The van der Waals surface area contributed by atoms with E-state index in [2.05, 4.69) is 24.1 Å². The number of aromatic nitrogens is 1. The number of benzene rings is 1. The third-order valence-electron chi connectivity index (χ3n) is 2.98. The van der Waals surface area contributed by atoms with E-state index in [1.165, 1.54) is 0 Å². The summed E-state index contributed by atoms with van der Waals surface area (Å²) in [5, 5.41) is 4.13. The molecule has 4 heteroatoms. The van der Waals surface area contributed by atoms with Gasteiger partial charge in [0.05, 0.1) is 0 Å². The Kier molecular flexibility index (Phi) is 6.03. The van der Waals surface area contributed by atoms with E-state index in [-0.39, 0.29) is 0 Å². The van der Waals surface area contributed by atoms with Gasteiger partial charge in [-0.3, -0.25) is 0 Å². The average Bonchev–Trinajstić information content (AvgIpc) is 2.46. The minimum atomic E-state index is 0.467. The van der Waals surface area contributed by atoms with Crippen LogP contribution in [0.4, 0.5) is 0 Å². The molecule has 0 radical (unpaired) electrons. The molecule has 3 nitrogen and oxygen atoms in total. The van der Waals surface area contributed by atoms with Crippen molar-refractivity contribution in [3.63, 3.8) is 0 Å². The van der Waals surface area contributed by atoms with E-state index in [1.54, 1.807) is 6.20 Å². The number of nitrogens with one attached hydrogen (secondary N) is 1. The SMILES string of the molecule is CC(C)CNCc1cccnc1OCc1cccc(Cl)c1. The lowest BCUT2D eigenvalue weighted by Crippen LogP contribution is -2.19. The van der Waals surface area contributed by atoms with E-state index < -0.39 is 0 Å². The summed E-state index contributed by atoms with van der Waals surface area (Å²) in [4.78, 5) is 4.32. The number of hydrogen-bond donors (Lipinski definition) is 1. The van der Waals surface area contributed by atoms with Gasteiger partial charge in [-0.2, -0.15) is 0 Å². The molecule has 1 heterocycles. The smallest absolute Gasteiger partial charge is 0.218 e. The fourth-order valence-electron chi connectivity index (χ4n) is 1.96. The van der Waals surface area contributed by atoms with Crippen LogP contribution in [0.1, 0.15) is 25.0 Å². The largest absolute Gasteiger partial charge is 0.473 e. The molecule has 0 aliphatic heterocycles. The lowest BCUT2D eigenvalue weighted by molar-refractivity contribution is 0.289. The van der Waals surface area contributed by atoms with Crippen molar-refractivity contribution >= 4 is 11.6 Å². The van der Waals surface area contributed by atoms with E-state index in [4.69, 9.17) is 16.3 Å². The molecule has 0 atom stereocenters. The van der Waals surface area contributed by atoms with Crippen LogP contribution in [0.15, 0.2) is 42.6 Å². The van der Waals surface area contributed by atoms with E-state index in [9.17, 15) is 0 Å². The first kappa shape index (κ1) is 15.8. The maximum absolute atomic E-state index is 5.97. The van der Waals surface area contributed by atoms with Crippen LogP contribution in [0, 0.1) is 5.92 Å². The lowest BCUT2D eigenvalue weighted by atomic mass is 10.2. The lowest BCUT2D eigenvalue weighted by Gasteiger charge is -2.12. The van der Waals surface area contributed by atoms with Gasteiger partial charge in [-0.25, -0.2) is 4.98 Å². The van der Waals surface area contributed by atoms with Crippen molar-refractivity contribution in [1.29, 1.82) is 0 Å². The fraction of sp³-hybridized carbons (Fsp3) is 0.353. The molecule has 0 aliphatic rings. The molecule has 0 spiro atoms. The zero-order chi connectivity index (χ0) is 15.1. The molecule has 1 N–H and O–H groups in total. The van der Waals surface area contributed by atoms with Crippen LogP contribution in [0.25, 0.3) is 0 Å². The molecule has 0 bridgehead atoms. The van der Waals surface area contributed by atoms with Gasteiger partial charge in [-0.05, 0) is 36.2 Å². The van der Waals surface area contributed by atoms with Gasteiger partial charge in [0.15, 0.2) is 0 Å². The summed E-state index contributed by atoms with van der Waals surface area (Å²) in [6, 6.07) is 11.6. The van der Waals surface area contributed by atoms with E-state index >= 15 is 0 Å². The summed E-state index contributed by atoms with van der Waals surface area (Å²) in [6.45, 7) is 6.58. The summed E-state index contributed by atoms with van der Waals surface area (Å²) in [7, 11) is 0. The van der Waals surface area contributed by atoms with Crippen LogP contribution in [-0.4, -0.2) is 11.5 Å². The van der Waals surface area contributed by atoms with E-state index in [0.717, 1.165) is 29.2 Å². The zero-order valence-corrected chi connectivity index (χ0v) is 13.2. The zero-order valence-electron chi connectivity index (χ0n) is 12.5. The van der Waals surface area contributed by atoms with Gasteiger partial charge >= 0.3 is 0 Å². The van der Waals surface area contributed by atoms with Crippen molar-refractivity contribution in [3.8, 4) is 5.88 Å². The molecule has 1 aromatic heterocycles. The first-order valence-electron chi connectivity index (χ1n) is 7.17. The van der Waals surface area contributed by atoms with Crippen LogP contribution in [0.2, 0.25) is 5.02 Å². The van der Waals surface area contributed by atoms with Crippen LogP contribution >= 0.6 is 11.6 Å². The van der Waals surface area contributed by atoms with Gasteiger partial charge in [-0.15, -0.1) is 0 Å². The topological polar surface area (TPSA) is 34.2 Å². The second-order valence-corrected chi connectivity index (χ2v) is 5.85. The molecular weight excluding hydrogens is 284 g/mol. The highest BCUT2D eigenvalue weighted by Gasteiger charge is 2.05. The molecule has 1 aromatic carbocycles. The van der Waals surface area contributed by atoms with Crippen molar-refractivity contribution in [1.82, 2.24) is 10.3 Å². The average molecular weight is 305 g/mol. The Morgan fingerprint density at radius 1 is 1.24 bits per heavy atom. The normalized spacial score (nSPS) is 10.9. The molecule has 0 amide bonds. The van der Waals surface area contributed by atoms with Crippen molar-refractivity contribution in [3.05, 3.63) is 58.7 Å². The number of hydrogen-bond acceptors (Lipinski definition) is 3. The van der Waals surface area contributed by atoms with Crippen LogP contribution in [-0.2, 0) is 13.2 Å². The van der Waals surface area contributed by atoms with Crippen molar-refractivity contribution < 1.29 is 4.74 Å². The summed E-state index contributed by atoms with van der Waals surface area (Å²) in [5.41, 5.74) is 2.11. The number of pyridine rings is 1. The minimum Gasteiger partial charge on any atom is -0.473 e. The number of rotatable bonds is 7. The van der Waals surface area contributed by atoms with Crippen LogP contribution in [0.5, 0.6) is 5.88 Å². The van der Waals surface area contributed by atoms with Gasteiger partial charge in [0.25, 0.3) is 0 Å². The summed E-state index contributed by atoms with van der Waals surface area (Å²) in [5.74, 6) is 1.30. The van der Waals surface area contributed by atoms with Gasteiger partial charge in [0, 0.05) is 23.3 Å². The second kappa shape index (κ2) is 8.01. The third kappa shape index (κ3) is 5.37. The van der Waals surface area contributed by atoms with Gasteiger partial charge in [-0.1, -0.05) is 43.6 Å². The quantitative estimate of drug-likeness (QED) is 0.837. The van der Waals surface area contributed by atoms with Crippen molar-refractivity contribution in [2.75, 3.05) is 6.54 Å². The molecule has 0 unspecified atom stereocenters. The molecule has 112 valence electrons. The summed E-state index contributed by atoms with van der Waals surface area (Å²) < 4.78 is 5.83. The predicted octanol–water partition coefficient (Wildman–Crippen LogP) is 4.06. The maximum atomic E-state index is 5.97. The molecule has 0 fully saturated rings. The van der Waals surface area contributed by atoms with E-state index in [0.29, 0.717) is 18.4 Å². The Labute approximate surface area is 131 Å². The Hall–Kier alpha value is -1.58. The summed E-state index contributed by atoms with van der Waals surface area (Å²) in [6.07, 6.45) is 1.75. The molecular formula is C17H21ClN2O. The highest BCUT2D eigenvalue weighted by atomic mass is 35.5. The minimum absolute atomic E-state index is 0.467. The van der Waals surface area contributed by atoms with Gasteiger partial charge < -0.3 is 10.1 Å². The molecule has 2 aromatic rings. The Morgan fingerprint density at radius 3 is 2.86 bits per heavy atom. The highest BCUT2D eigenvalue weighted by Crippen LogP contribution is 2.17. The Morgan fingerprint density at radius 2 is 2.10 bits per heavy atom. The highest BCUT2D eigenvalue weighted by molar-refractivity contribution is 6.30. The third-order valence-corrected chi connectivity index (χ3v) is 3.22. The van der Waals surface area contributed by atoms with Crippen molar-refractivity contribution in [2.45, 2.75) is 27.0 Å². The number of halogens is 1. The monoisotopic (exact) mass is 304 g/mol. The Bertz CT molecular complexity index is 572. The van der Waals surface area contributed by atoms with Gasteiger partial charge in [0.2, 0.25) is 5.88 Å². The predicted molar refractivity (Wildman–Crippen MR) is 86.6 cm³/mol. The maximum Gasteiger partial charge on any atom is 0.218 e. The standard InChI is InChI=1S/C17H21ClN2O/c1-13(2)10-19-11-15-6-4-8-20-17(15)21-12-14-5-3-7-16(18)9-14/h3-9,13,19H,10-12H2,1-2H3. The van der Waals surface area contributed by atoms with Crippen LogP contribution < -0.4 is 10.1 Å². The van der Waals surface area contributed by atoms with Crippen LogP contribution in [0.3, 0.4) is 0 Å². The van der Waals surface area contributed by atoms with Crippen molar-refractivity contribution in [2.24, 2.45) is 5.92 Å². The van der Waals surface area contributed by atoms with Gasteiger partial charge in [0.1, 0.15) is 6.61 Å². The molecule has 0 aliphatic carbocycles. The first-order chi connectivity index (χ1) is 10.1. The molecule has 0 saturated heterocycles. The molecule has 21 heavy (non-hydrogen) atoms. The summed E-state index contributed by atoms with van der Waals surface area (Å²) >= 11 is 5.97. The first-order valence-corrected chi connectivity index (χ1v) is 7.55. The second-order valence-electron chi connectivity index (χ2n) is 5.41. The number of nitrogens with zero attached hydrogens (tertiary/aromatic N) is 1.